The lowest BCUT2D eigenvalue weighted by molar-refractivity contribution is -0.665. The summed E-state index contributed by atoms with van der Waals surface area (Å²) < 4.78 is 0. The van der Waals surface area contributed by atoms with Gasteiger partial charge < -0.3 is 0 Å². The highest BCUT2D eigenvalue weighted by Crippen LogP contribution is 2.48. The molecule has 2 spiro atoms. The average molecular weight is 284 g/mol. The summed E-state index contributed by atoms with van der Waals surface area (Å²) in [7, 11) is 0. The topological polar surface area (TPSA) is 36.9 Å². The predicted octanol–water partition coefficient (Wildman–Crippen LogP) is 4.20. The maximum absolute atomic E-state index is 5.75. The van der Waals surface area contributed by atoms with E-state index in [0.29, 0.717) is 23.7 Å². The van der Waals surface area contributed by atoms with Gasteiger partial charge in [0.05, 0.1) is 0 Å². The van der Waals surface area contributed by atoms with E-state index < -0.39 is 11.6 Å². The molecule has 3 fully saturated rings. The zero-order chi connectivity index (χ0) is 14.4. The average Bonchev–Trinajstić information content (AvgIpc) is 2.43. The molecule has 0 radical (unpaired) electrons. The summed E-state index contributed by atoms with van der Waals surface area (Å²) in [6.07, 6.45) is 5.57. The van der Waals surface area contributed by atoms with Crippen LogP contribution in [0.5, 0.6) is 0 Å². The van der Waals surface area contributed by atoms with E-state index in [9.17, 15) is 0 Å². The first-order valence-corrected chi connectivity index (χ1v) is 8.17. The lowest BCUT2D eigenvalue weighted by Gasteiger charge is -2.49. The molecule has 2 aliphatic carbocycles. The van der Waals surface area contributed by atoms with E-state index in [4.69, 9.17) is 19.6 Å². The highest BCUT2D eigenvalue weighted by molar-refractivity contribution is 4.85. The van der Waals surface area contributed by atoms with E-state index in [2.05, 4.69) is 27.7 Å². The SMILES string of the molecule is C[C@@H]1CCC2(C[C@@H]1C)OOC1(CC[C@@H](C)[C@@H](C)C1)OO2. The summed E-state index contributed by atoms with van der Waals surface area (Å²) in [4.78, 5) is 23.0. The third-order valence-corrected chi connectivity index (χ3v) is 5.86. The Kier molecular flexibility index (Phi) is 3.87. The van der Waals surface area contributed by atoms with Crippen LogP contribution in [0, 0.1) is 23.7 Å². The van der Waals surface area contributed by atoms with Crippen molar-refractivity contribution in [1.82, 2.24) is 0 Å². The number of hydrogen-bond acceptors (Lipinski definition) is 4. The molecule has 20 heavy (non-hydrogen) atoms. The van der Waals surface area contributed by atoms with Gasteiger partial charge in [-0.3, -0.25) is 0 Å². The Labute approximate surface area is 122 Å². The maximum Gasteiger partial charge on any atom is 0.234 e. The Bertz CT molecular complexity index is 314. The smallest absolute Gasteiger partial charge is 0.195 e. The third kappa shape index (κ3) is 2.63. The maximum atomic E-state index is 5.75. The van der Waals surface area contributed by atoms with Crippen molar-refractivity contribution < 1.29 is 19.6 Å². The fraction of sp³-hybridized carbons (Fsp3) is 1.00. The Morgan fingerprint density at radius 3 is 1.25 bits per heavy atom. The fourth-order valence-corrected chi connectivity index (χ4v) is 3.69. The van der Waals surface area contributed by atoms with Crippen LogP contribution in [-0.2, 0) is 19.6 Å². The van der Waals surface area contributed by atoms with E-state index in [1.54, 1.807) is 0 Å². The molecule has 0 aromatic heterocycles. The van der Waals surface area contributed by atoms with Crippen LogP contribution in [-0.4, -0.2) is 11.6 Å². The molecule has 2 saturated carbocycles. The van der Waals surface area contributed by atoms with Crippen molar-refractivity contribution in [3.8, 4) is 0 Å². The Balaban J connectivity index is 1.62. The van der Waals surface area contributed by atoms with Crippen LogP contribution in [0.25, 0.3) is 0 Å². The van der Waals surface area contributed by atoms with Crippen molar-refractivity contribution in [3.05, 3.63) is 0 Å². The van der Waals surface area contributed by atoms with Gasteiger partial charge in [0.25, 0.3) is 0 Å². The largest absolute Gasteiger partial charge is 0.234 e. The normalized spacial score (nSPS) is 53.4. The fourth-order valence-electron chi connectivity index (χ4n) is 3.69. The Morgan fingerprint density at radius 2 is 0.950 bits per heavy atom. The highest BCUT2D eigenvalue weighted by atomic mass is 17.4. The molecular weight excluding hydrogens is 256 g/mol. The standard InChI is InChI=1S/C16H28O4/c1-11-5-7-15(9-13(11)3)17-19-16(20-18-15)8-6-12(2)14(4)10-16/h11-14H,5-10H2,1-4H3/t11-,12-,13+,14+,15?,16?/m1/s1. The number of hydrogen-bond donors (Lipinski definition) is 0. The first kappa shape index (κ1) is 14.8. The molecule has 3 rings (SSSR count). The second-order valence-corrected chi connectivity index (χ2v) is 7.55. The van der Waals surface area contributed by atoms with Gasteiger partial charge in [0.1, 0.15) is 0 Å². The van der Waals surface area contributed by atoms with Crippen LogP contribution in [0.4, 0.5) is 0 Å². The van der Waals surface area contributed by atoms with E-state index in [-0.39, 0.29) is 0 Å². The van der Waals surface area contributed by atoms with Gasteiger partial charge in [-0.15, -0.1) is 0 Å². The first-order valence-electron chi connectivity index (χ1n) is 8.17. The van der Waals surface area contributed by atoms with Crippen molar-refractivity contribution in [2.75, 3.05) is 0 Å². The summed E-state index contributed by atoms with van der Waals surface area (Å²) >= 11 is 0. The van der Waals surface area contributed by atoms with Gasteiger partial charge in [-0.25, -0.2) is 0 Å². The van der Waals surface area contributed by atoms with Gasteiger partial charge in [-0.05, 0) is 36.5 Å². The number of rotatable bonds is 0. The van der Waals surface area contributed by atoms with E-state index in [1.807, 2.05) is 0 Å². The molecule has 0 bridgehead atoms. The minimum absolute atomic E-state index is 0.565. The zero-order valence-electron chi connectivity index (χ0n) is 13.2. The van der Waals surface area contributed by atoms with Gasteiger partial charge in [0.15, 0.2) is 0 Å². The van der Waals surface area contributed by atoms with E-state index in [1.165, 1.54) is 0 Å². The van der Waals surface area contributed by atoms with Crippen molar-refractivity contribution in [2.24, 2.45) is 23.7 Å². The zero-order valence-corrected chi connectivity index (χ0v) is 13.2. The van der Waals surface area contributed by atoms with Crippen LogP contribution < -0.4 is 0 Å². The summed E-state index contributed by atoms with van der Waals surface area (Å²) in [5, 5.41) is 0. The molecule has 1 saturated heterocycles. The van der Waals surface area contributed by atoms with Crippen LogP contribution in [0.2, 0.25) is 0 Å². The molecule has 1 aliphatic heterocycles. The highest BCUT2D eigenvalue weighted by Gasteiger charge is 2.53. The molecule has 4 nitrogen and oxygen atoms in total. The van der Waals surface area contributed by atoms with Crippen LogP contribution in [0.3, 0.4) is 0 Å². The van der Waals surface area contributed by atoms with Gasteiger partial charge in [-0.2, -0.15) is 19.6 Å². The minimum atomic E-state index is -0.677. The van der Waals surface area contributed by atoms with Crippen LogP contribution in [0.15, 0.2) is 0 Å². The summed E-state index contributed by atoms with van der Waals surface area (Å²) in [5.74, 6) is 1.19. The predicted molar refractivity (Wildman–Crippen MR) is 74.2 cm³/mol. The van der Waals surface area contributed by atoms with E-state index >= 15 is 0 Å². The quantitative estimate of drug-likeness (QED) is 0.625. The molecule has 116 valence electrons. The molecule has 0 unspecified atom stereocenters. The lowest BCUT2D eigenvalue weighted by Crippen LogP contribution is -2.55. The van der Waals surface area contributed by atoms with Crippen molar-refractivity contribution in [3.63, 3.8) is 0 Å². The molecule has 1 heterocycles. The van der Waals surface area contributed by atoms with Gasteiger partial charge in [0.2, 0.25) is 11.6 Å². The molecule has 4 heteroatoms. The molecule has 0 amide bonds. The summed E-state index contributed by atoms with van der Waals surface area (Å²) in [5.41, 5.74) is 0. The molecule has 4 atom stereocenters. The van der Waals surface area contributed by atoms with E-state index in [0.717, 1.165) is 38.5 Å². The van der Waals surface area contributed by atoms with Gasteiger partial charge >= 0.3 is 0 Å². The first-order chi connectivity index (χ1) is 9.44. The van der Waals surface area contributed by atoms with Gasteiger partial charge in [0, 0.05) is 25.7 Å². The van der Waals surface area contributed by atoms with Crippen LogP contribution >= 0.6 is 0 Å². The lowest BCUT2D eigenvalue weighted by atomic mass is 9.78. The second kappa shape index (κ2) is 5.24. The van der Waals surface area contributed by atoms with Crippen molar-refractivity contribution in [1.29, 1.82) is 0 Å². The molecule has 0 aromatic carbocycles. The van der Waals surface area contributed by atoms with Crippen molar-refractivity contribution >= 4 is 0 Å². The summed E-state index contributed by atoms with van der Waals surface area (Å²) in [6, 6.07) is 0. The summed E-state index contributed by atoms with van der Waals surface area (Å²) in [6.45, 7) is 9.06. The Hall–Kier alpha value is -0.160. The second-order valence-electron chi connectivity index (χ2n) is 7.55. The van der Waals surface area contributed by atoms with Gasteiger partial charge in [-0.1, -0.05) is 27.7 Å². The third-order valence-electron chi connectivity index (χ3n) is 5.86. The Morgan fingerprint density at radius 1 is 0.600 bits per heavy atom. The van der Waals surface area contributed by atoms with Crippen molar-refractivity contribution in [2.45, 2.75) is 77.8 Å². The molecule has 3 aliphatic rings. The molecular formula is C16H28O4. The molecule has 0 N–H and O–H groups in total. The monoisotopic (exact) mass is 284 g/mol. The minimum Gasteiger partial charge on any atom is -0.195 e. The molecule has 0 aromatic rings. The van der Waals surface area contributed by atoms with Crippen LogP contribution in [0.1, 0.15) is 66.2 Å².